The number of likely N-dealkylation sites (tertiary alicyclic amines) is 1. The number of hydrogen-bond acceptors (Lipinski definition) is 6. The van der Waals surface area contributed by atoms with Gasteiger partial charge in [0, 0.05) is 17.7 Å². The lowest BCUT2D eigenvalue weighted by atomic mass is 9.81. The normalized spacial score (nSPS) is 18.9. The molecule has 3 N–H and O–H groups in total. The number of para-hydroxylation sites is 1. The lowest BCUT2D eigenvalue weighted by Gasteiger charge is -2.34. The number of carbonyl (C=O) groups is 3. The summed E-state index contributed by atoms with van der Waals surface area (Å²) < 4.78 is 5.58. The Hall–Kier alpha value is -4.50. The molecular formula is C39H48N4O5. The smallest absolute Gasteiger partial charge is 0.407 e. The maximum absolute atomic E-state index is 13.9. The molecule has 0 aromatic heterocycles. The molecule has 254 valence electrons. The summed E-state index contributed by atoms with van der Waals surface area (Å²) in [5.74, 6) is -1.33. The molecule has 0 spiro atoms. The fourth-order valence-electron chi connectivity index (χ4n) is 6.86. The molecule has 0 unspecified atom stereocenters. The average Bonchev–Trinajstić information content (AvgIpc) is 3.53. The molecule has 2 aliphatic rings. The monoisotopic (exact) mass is 652 g/mol. The standard InChI is InChI=1S/C39H48N4O5/c1-39(2,3)48-38(47)42-34(29-20-11-6-12-21-29)35(37(45)46)41-33(28-18-9-5-10-19-28)30-22-13-14-23-31(30)40-36(44)32-24-15-25-43(32)26-27-16-7-4-8-17-27/h4-5,7-10,13-14,16-19,22-23,29,32,34-35H,6,11-12,15,20-21,24-26H2,1-3H3,(H,40,44)(H,42,47)(H,45,46)/t32-,34+,35-/m1/s1. The van der Waals surface area contributed by atoms with Crippen LogP contribution in [0.15, 0.2) is 89.9 Å². The van der Waals surface area contributed by atoms with Crippen molar-refractivity contribution in [1.82, 2.24) is 10.2 Å². The number of rotatable bonds is 11. The van der Waals surface area contributed by atoms with Crippen molar-refractivity contribution < 1.29 is 24.2 Å². The van der Waals surface area contributed by atoms with Gasteiger partial charge >= 0.3 is 12.1 Å². The number of nitrogens with one attached hydrogen (secondary N) is 2. The molecule has 9 nitrogen and oxygen atoms in total. The van der Waals surface area contributed by atoms with E-state index in [9.17, 15) is 19.5 Å². The highest BCUT2D eigenvalue weighted by Gasteiger charge is 2.38. The molecule has 2 amide bonds. The predicted molar refractivity (Wildman–Crippen MR) is 188 cm³/mol. The van der Waals surface area contributed by atoms with Gasteiger partial charge < -0.3 is 20.5 Å². The van der Waals surface area contributed by atoms with E-state index < -0.39 is 29.7 Å². The maximum atomic E-state index is 13.9. The van der Waals surface area contributed by atoms with Crippen molar-refractivity contribution in [2.75, 3.05) is 11.9 Å². The first-order chi connectivity index (χ1) is 23.1. The lowest BCUT2D eigenvalue weighted by Crippen LogP contribution is -2.52. The maximum Gasteiger partial charge on any atom is 0.407 e. The number of ether oxygens (including phenoxy) is 1. The van der Waals surface area contributed by atoms with E-state index in [1.165, 1.54) is 0 Å². The van der Waals surface area contributed by atoms with Crippen LogP contribution in [0.25, 0.3) is 0 Å². The Morgan fingerprint density at radius 2 is 1.52 bits per heavy atom. The molecule has 1 saturated carbocycles. The quantitative estimate of drug-likeness (QED) is 0.191. The van der Waals surface area contributed by atoms with Gasteiger partial charge in [-0.2, -0.15) is 0 Å². The van der Waals surface area contributed by atoms with Crippen LogP contribution in [0.3, 0.4) is 0 Å². The zero-order valence-electron chi connectivity index (χ0n) is 28.2. The number of carboxylic acids is 1. The minimum Gasteiger partial charge on any atom is -0.480 e. The fourth-order valence-corrected chi connectivity index (χ4v) is 6.86. The molecule has 1 heterocycles. The number of hydrogen-bond donors (Lipinski definition) is 3. The fraction of sp³-hybridized carbons (Fsp3) is 0.436. The zero-order valence-corrected chi connectivity index (χ0v) is 28.2. The SMILES string of the molecule is CC(C)(C)OC(=O)N[C@@H](C1CCCCC1)[C@@H](N=C(c1ccccc1)c1ccccc1NC(=O)[C@H]1CCCN1Cc1ccccc1)C(=O)O. The van der Waals surface area contributed by atoms with Crippen molar-refractivity contribution in [2.24, 2.45) is 10.9 Å². The van der Waals surface area contributed by atoms with Gasteiger partial charge in [0.1, 0.15) is 5.60 Å². The zero-order chi connectivity index (χ0) is 34.1. The van der Waals surface area contributed by atoms with Gasteiger partial charge in [-0.3, -0.25) is 14.7 Å². The van der Waals surface area contributed by atoms with Crippen molar-refractivity contribution in [1.29, 1.82) is 0 Å². The second kappa shape index (κ2) is 16.1. The van der Waals surface area contributed by atoms with E-state index >= 15 is 0 Å². The minimum absolute atomic E-state index is 0.0824. The third kappa shape index (κ3) is 9.31. The van der Waals surface area contributed by atoms with Gasteiger partial charge in [0.05, 0.1) is 23.5 Å². The highest BCUT2D eigenvalue weighted by molar-refractivity contribution is 6.17. The summed E-state index contributed by atoms with van der Waals surface area (Å²) in [6.45, 7) is 6.85. The summed E-state index contributed by atoms with van der Waals surface area (Å²) in [4.78, 5) is 47.2. The first-order valence-electron chi connectivity index (χ1n) is 17.1. The van der Waals surface area contributed by atoms with Gasteiger partial charge in [-0.05, 0) is 70.5 Å². The summed E-state index contributed by atoms with van der Waals surface area (Å²) in [6.07, 6.45) is 5.57. The third-order valence-corrected chi connectivity index (χ3v) is 9.08. The Bertz CT molecular complexity index is 1560. The van der Waals surface area contributed by atoms with E-state index in [2.05, 4.69) is 27.7 Å². The molecule has 2 fully saturated rings. The van der Waals surface area contributed by atoms with Crippen LogP contribution in [0.1, 0.15) is 82.4 Å². The highest BCUT2D eigenvalue weighted by Crippen LogP contribution is 2.31. The molecule has 0 bridgehead atoms. The number of aliphatic imine (C=N–C) groups is 1. The first kappa shape index (κ1) is 34.8. The van der Waals surface area contributed by atoms with Crippen LogP contribution in [-0.2, 0) is 20.9 Å². The number of carbonyl (C=O) groups excluding carboxylic acids is 2. The van der Waals surface area contributed by atoms with Crippen LogP contribution in [-0.4, -0.2) is 64.0 Å². The van der Waals surface area contributed by atoms with E-state index in [0.717, 1.165) is 57.1 Å². The second-order valence-electron chi connectivity index (χ2n) is 13.8. The number of amides is 2. The van der Waals surface area contributed by atoms with Crippen LogP contribution in [0, 0.1) is 5.92 Å². The Kier molecular flexibility index (Phi) is 11.7. The largest absolute Gasteiger partial charge is 0.480 e. The first-order valence-corrected chi connectivity index (χ1v) is 17.1. The number of alkyl carbamates (subject to hydrolysis) is 1. The van der Waals surface area contributed by atoms with Crippen LogP contribution >= 0.6 is 0 Å². The molecule has 9 heteroatoms. The molecule has 5 rings (SSSR count). The molecule has 0 radical (unpaired) electrons. The minimum atomic E-state index is -1.30. The molecule has 3 aromatic rings. The summed E-state index contributed by atoms with van der Waals surface area (Å²) >= 11 is 0. The van der Waals surface area contributed by atoms with Crippen LogP contribution in [0.2, 0.25) is 0 Å². The number of nitrogens with zero attached hydrogens (tertiary/aromatic N) is 2. The van der Waals surface area contributed by atoms with Gasteiger partial charge in [0.2, 0.25) is 5.91 Å². The van der Waals surface area contributed by atoms with E-state index in [4.69, 9.17) is 9.73 Å². The van der Waals surface area contributed by atoms with Crippen LogP contribution in [0.5, 0.6) is 0 Å². The Morgan fingerprint density at radius 3 is 2.19 bits per heavy atom. The second-order valence-corrected chi connectivity index (χ2v) is 13.8. The van der Waals surface area contributed by atoms with Gasteiger partial charge in [-0.15, -0.1) is 0 Å². The van der Waals surface area contributed by atoms with Crippen molar-refractivity contribution >= 4 is 29.4 Å². The average molecular weight is 653 g/mol. The summed E-state index contributed by atoms with van der Waals surface area (Å²) in [5.41, 5.74) is 2.70. The summed E-state index contributed by atoms with van der Waals surface area (Å²) in [6, 6.07) is 24.6. The summed E-state index contributed by atoms with van der Waals surface area (Å²) in [7, 11) is 0. The van der Waals surface area contributed by atoms with Crippen molar-refractivity contribution in [2.45, 2.75) is 96.0 Å². The molecule has 1 aliphatic carbocycles. The summed E-state index contributed by atoms with van der Waals surface area (Å²) in [5, 5.41) is 16.8. The van der Waals surface area contributed by atoms with E-state index in [1.807, 2.05) is 72.8 Å². The molecule has 3 aromatic carbocycles. The van der Waals surface area contributed by atoms with E-state index in [0.29, 0.717) is 29.1 Å². The number of carboxylic acid groups (broad SMARTS) is 1. The molecule has 3 atom stereocenters. The predicted octanol–water partition coefficient (Wildman–Crippen LogP) is 7.05. The Morgan fingerprint density at radius 1 is 0.875 bits per heavy atom. The van der Waals surface area contributed by atoms with Gasteiger partial charge in [-0.1, -0.05) is 98.1 Å². The van der Waals surface area contributed by atoms with Crippen molar-refractivity contribution in [3.05, 3.63) is 102 Å². The van der Waals surface area contributed by atoms with Crippen molar-refractivity contribution in [3.63, 3.8) is 0 Å². The van der Waals surface area contributed by atoms with Crippen LogP contribution in [0.4, 0.5) is 10.5 Å². The Balaban J connectivity index is 1.50. The van der Waals surface area contributed by atoms with Gasteiger partial charge in [0.15, 0.2) is 6.04 Å². The molecule has 1 aliphatic heterocycles. The molecular weight excluding hydrogens is 604 g/mol. The van der Waals surface area contributed by atoms with Crippen LogP contribution < -0.4 is 10.6 Å². The lowest BCUT2D eigenvalue weighted by molar-refractivity contribution is -0.139. The van der Waals surface area contributed by atoms with Crippen molar-refractivity contribution in [3.8, 4) is 0 Å². The molecule has 1 saturated heterocycles. The third-order valence-electron chi connectivity index (χ3n) is 9.08. The van der Waals surface area contributed by atoms with E-state index in [1.54, 1.807) is 20.8 Å². The topological polar surface area (TPSA) is 120 Å². The molecule has 48 heavy (non-hydrogen) atoms. The van der Waals surface area contributed by atoms with Gasteiger partial charge in [0.25, 0.3) is 0 Å². The Labute approximate surface area is 283 Å². The number of anilines is 1. The number of benzene rings is 3. The number of aliphatic carboxylic acids is 1. The highest BCUT2D eigenvalue weighted by atomic mass is 16.6. The van der Waals surface area contributed by atoms with Gasteiger partial charge in [-0.25, -0.2) is 9.59 Å². The van der Waals surface area contributed by atoms with E-state index in [-0.39, 0.29) is 17.9 Å².